The number of benzene rings is 1. The fourth-order valence-electron chi connectivity index (χ4n) is 3.62. The van der Waals surface area contributed by atoms with E-state index < -0.39 is 0 Å². The van der Waals surface area contributed by atoms with Crippen LogP contribution < -0.4 is 0 Å². The van der Waals surface area contributed by atoms with Gasteiger partial charge in [-0.2, -0.15) is 5.10 Å². The maximum Gasteiger partial charge on any atom is 0.256 e. The summed E-state index contributed by atoms with van der Waals surface area (Å²) in [5.41, 5.74) is 2.83. The highest BCUT2D eigenvalue weighted by molar-refractivity contribution is 6.42. The molecular formula is C20H26Cl2N4O. The van der Waals surface area contributed by atoms with Gasteiger partial charge in [-0.15, -0.1) is 0 Å². The summed E-state index contributed by atoms with van der Waals surface area (Å²) in [6.45, 7) is 2.96. The molecule has 3 rings (SSSR count). The predicted octanol–water partition coefficient (Wildman–Crippen LogP) is 3.88. The molecule has 0 saturated carbocycles. The van der Waals surface area contributed by atoms with Crippen molar-refractivity contribution < 1.29 is 4.79 Å². The number of carbonyl (C=O) groups excluding carboxylic acids is 1. The predicted molar refractivity (Wildman–Crippen MR) is 109 cm³/mol. The van der Waals surface area contributed by atoms with Gasteiger partial charge in [0.2, 0.25) is 0 Å². The fourth-order valence-corrected chi connectivity index (χ4v) is 3.94. The molecule has 1 aliphatic heterocycles. The Labute approximate surface area is 170 Å². The van der Waals surface area contributed by atoms with Gasteiger partial charge in [0.05, 0.1) is 21.3 Å². The quantitative estimate of drug-likeness (QED) is 0.753. The molecule has 0 radical (unpaired) electrons. The van der Waals surface area contributed by atoms with Crippen LogP contribution in [0.2, 0.25) is 10.0 Å². The maximum absolute atomic E-state index is 12.4. The van der Waals surface area contributed by atoms with Crippen LogP contribution in [0.5, 0.6) is 0 Å². The lowest BCUT2D eigenvalue weighted by atomic mass is 9.91. The number of aromatic nitrogens is 2. The van der Waals surface area contributed by atoms with Crippen LogP contribution in [0.4, 0.5) is 0 Å². The second-order valence-electron chi connectivity index (χ2n) is 7.53. The van der Waals surface area contributed by atoms with Gasteiger partial charge < -0.3 is 4.90 Å². The highest BCUT2D eigenvalue weighted by Crippen LogP contribution is 2.26. The number of amides is 1. The molecule has 146 valence electrons. The molecule has 0 aliphatic carbocycles. The van der Waals surface area contributed by atoms with E-state index in [9.17, 15) is 4.79 Å². The van der Waals surface area contributed by atoms with Crippen LogP contribution in [0, 0.1) is 5.92 Å². The highest BCUT2D eigenvalue weighted by Gasteiger charge is 2.24. The lowest BCUT2D eigenvalue weighted by molar-refractivity contribution is 0.0826. The minimum absolute atomic E-state index is 0.0233. The first kappa shape index (κ1) is 20.2. The molecule has 7 heteroatoms. The molecule has 1 amide bonds. The van der Waals surface area contributed by atoms with Gasteiger partial charge in [0, 0.05) is 33.9 Å². The van der Waals surface area contributed by atoms with Gasteiger partial charge in [-0.05, 0) is 56.0 Å². The first-order chi connectivity index (χ1) is 12.8. The van der Waals surface area contributed by atoms with Gasteiger partial charge in [0.1, 0.15) is 0 Å². The van der Waals surface area contributed by atoms with Gasteiger partial charge in [-0.1, -0.05) is 29.3 Å². The van der Waals surface area contributed by atoms with E-state index in [1.807, 2.05) is 31.4 Å². The minimum Gasteiger partial charge on any atom is -0.345 e. The van der Waals surface area contributed by atoms with E-state index >= 15 is 0 Å². The maximum atomic E-state index is 12.4. The summed E-state index contributed by atoms with van der Waals surface area (Å²) in [6, 6.07) is 5.84. The van der Waals surface area contributed by atoms with Crippen LogP contribution in [0.25, 0.3) is 0 Å². The number of likely N-dealkylation sites (tertiary alicyclic amines) is 1. The summed E-state index contributed by atoms with van der Waals surface area (Å²) >= 11 is 12.1. The summed E-state index contributed by atoms with van der Waals surface area (Å²) < 4.78 is 1.74. The van der Waals surface area contributed by atoms with Crippen LogP contribution >= 0.6 is 23.2 Å². The molecule has 0 unspecified atom stereocenters. The average Bonchev–Trinajstić information content (AvgIpc) is 2.99. The van der Waals surface area contributed by atoms with Crippen molar-refractivity contribution in [2.45, 2.75) is 25.8 Å². The van der Waals surface area contributed by atoms with E-state index in [0.717, 1.165) is 50.2 Å². The smallest absolute Gasteiger partial charge is 0.256 e. The van der Waals surface area contributed by atoms with Crippen LogP contribution in [0.3, 0.4) is 0 Å². The molecule has 27 heavy (non-hydrogen) atoms. The molecule has 1 aromatic carbocycles. The molecule has 0 spiro atoms. The first-order valence-corrected chi connectivity index (χ1v) is 9.99. The Hall–Kier alpha value is -1.56. The third kappa shape index (κ3) is 5.03. The van der Waals surface area contributed by atoms with Crippen LogP contribution in [0.15, 0.2) is 24.4 Å². The van der Waals surface area contributed by atoms with Crippen molar-refractivity contribution in [3.05, 3.63) is 51.3 Å². The molecule has 2 heterocycles. The van der Waals surface area contributed by atoms with E-state index in [1.165, 1.54) is 5.56 Å². The standard InChI is InChI=1S/C20H26Cl2N4O/c1-24(2)20(27)16-13-25(3)23-19(16)11-14-6-8-26(9-7-14)12-15-4-5-17(21)18(22)10-15/h4-5,10,13-14H,6-9,11-12H2,1-3H3. The number of hydrogen-bond donors (Lipinski definition) is 0. The molecule has 1 fully saturated rings. The van der Waals surface area contributed by atoms with Gasteiger partial charge in [-0.3, -0.25) is 14.4 Å². The van der Waals surface area contributed by atoms with Gasteiger partial charge in [0.25, 0.3) is 5.91 Å². The van der Waals surface area contributed by atoms with Crippen molar-refractivity contribution in [3.63, 3.8) is 0 Å². The van der Waals surface area contributed by atoms with Crippen LogP contribution in [-0.4, -0.2) is 52.7 Å². The summed E-state index contributed by atoms with van der Waals surface area (Å²) in [7, 11) is 5.43. The Kier molecular flexibility index (Phi) is 6.45. The number of halogens is 2. The third-order valence-corrected chi connectivity index (χ3v) is 5.86. The van der Waals surface area contributed by atoms with Crippen molar-refractivity contribution >= 4 is 29.1 Å². The van der Waals surface area contributed by atoms with Gasteiger partial charge in [0.15, 0.2) is 0 Å². The normalized spacial score (nSPS) is 15.9. The number of aryl methyl sites for hydroxylation is 1. The molecule has 1 aromatic heterocycles. The number of hydrogen-bond acceptors (Lipinski definition) is 3. The number of rotatable bonds is 5. The zero-order valence-electron chi connectivity index (χ0n) is 16.1. The summed E-state index contributed by atoms with van der Waals surface area (Å²) in [5, 5.41) is 5.74. The molecular weight excluding hydrogens is 383 g/mol. The first-order valence-electron chi connectivity index (χ1n) is 9.24. The number of carbonyl (C=O) groups is 1. The van der Waals surface area contributed by atoms with E-state index in [-0.39, 0.29) is 5.91 Å². The highest BCUT2D eigenvalue weighted by atomic mass is 35.5. The van der Waals surface area contributed by atoms with Crippen molar-refractivity contribution in [1.82, 2.24) is 19.6 Å². The Morgan fingerprint density at radius 3 is 2.56 bits per heavy atom. The molecule has 0 atom stereocenters. The molecule has 5 nitrogen and oxygen atoms in total. The van der Waals surface area contributed by atoms with Gasteiger partial charge in [-0.25, -0.2) is 0 Å². The number of piperidine rings is 1. The fraction of sp³-hybridized carbons (Fsp3) is 0.500. The minimum atomic E-state index is 0.0233. The van der Waals surface area contributed by atoms with E-state index in [2.05, 4.69) is 10.00 Å². The molecule has 2 aromatic rings. The SMILES string of the molecule is CN(C)C(=O)c1cn(C)nc1CC1CCN(Cc2ccc(Cl)c(Cl)c2)CC1. The third-order valence-electron chi connectivity index (χ3n) is 5.12. The topological polar surface area (TPSA) is 41.4 Å². The summed E-state index contributed by atoms with van der Waals surface area (Å²) in [6.07, 6.45) is 4.90. The zero-order valence-corrected chi connectivity index (χ0v) is 17.6. The lowest BCUT2D eigenvalue weighted by Gasteiger charge is -2.32. The lowest BCUT2D eigenvalue weighted by Crippen LogP contribution is -2.34. The van der Waals surface area contributed by atoms with Crippen molar-refractivity contribution in [1.29, 1.82) is 0 Å². The molecule has 1 saturated heterocycles. The molecule has 0 bridgehead atoms. The van der Waals surface area contributed by atoms with Crippen molar-refractivity contribution in [2.24, 2.45) is 13.0 Å². The van der Waals surface area contributed by atoms with Crippen LogP contribution in [-0.2, 0) is 20.0 Å². The van der Waals surface area contributed by atoms with E-state index in [4.69, 9.17) is 23.2 Å². The monoisotopic (exact) mass is 408 g/mol. The second kappa shape index (κ2) is 8.63. The van der Waals surface area contributed by atoms with Crippen molar-refractivity contribution in [3.8, 4) is 0 Å². The Balaban J connectivity index is 1.57. The van der Waals surface area contributed by atoms with Crippen LogP contribution in [0.1, 0.15) is 34.5 Å². The van der Waals surface area contributed by atoms with Gasteiger partial charge >= 0.3 is 0 Å². The summed E-state index contributed by atoms with van der Waals surface area (Å²) in [4.78, 5) is 16.4. The zero-order chi connectivity index (χ0) is 19.6. The molecule has 0 N–H and O–H groups in total. The summed E-state index contributed by atoms with van der Waals surface area (Å²) in [5.74, 6) is 0.578. The Bertz CT molecular complexity index is 810. The Morgan fingerprint density at radius 2 is 1.93 bits per heavy atom. The largest absolute Gasteiger partial charge is 0.345 e. The average molecular weight is 409 g/mol. The Morgan fingerprint density at radius 1 is 1.22 bits per heavy atom. The van der Waals surface area contributed by atoms with E-state index in [1.54, 1.807) is 23.7 Å². The van der Waals surface area contributed by atoms with E-state index in [0.29, 0.717) is 16.0 Å². The molecule has 1 aliphatic rings. The number of nitrogens with zero attached hydrogens (tertiary/aromatic N) is 4. The van der Waals surface area contributed by atoms with Crippen molar-refractivity contribution in [2.75, 3.05) is 27.2 Å². The second-order valence-corrected chi connectivity index (χ2v) is 8.35.